The quantitative estimate of drug-likeness (QED) is 0.365. The summed E-state index contributed by atoms with van der Waals surface area (Å²) >= 11 is 0. The number of hydrogen-bond acceptors (Lipinski definition) is 3. The minimum absolute atomic E-state index is 1.07. The molecule has 10 nitrogen and oxygen atoms in total. The van der Waals surface area contributed by atoms with E-state index in [9.17, 15) is 0 Å². The van der Waals surface area contributed by atoms with Crippen molar-refractivity contribution in [2.75, 3.05) is 0 Å². The van der Waals surface area contributed by atoms with Gasteiger partial charge in [0, 0.05) is 23.4 Å². The molecule has 0 saturated heterocycles. The highest BCUT2D eigenvalue weighted by Gasteiger charge is 1.91. The zero-order valence-electron chi connectivity index (χ0n) is 18.2. The lowest BCUT2D eigenvalue weighted by molar-refractivity contribution is -0.672. The third-order valence-corrected chi connectivity index (χ3v) is 3.27. The van der Waals surface area contributed by atoms with Crippen molar-refractivity contribution in [3.8, 4) is 0 Å². The number of aryl methyl sites for hydroxylation is 8. The summed E-state index contributed by atoms with van der Waals surface area (Å²) in [6, 6.07) is 0. The molecule has 10 heteroatoms. The van der Waals surface area contributed by atoms with Gasteiger partial charge in [-0.05, 0) is 6.92 Å². The van der Waals surface area contributed by atoms with Crippen LogP contribution in [0.25, 0.3) is 0 Å². The van der Waals surface area contributed by atoms with E-state index < -0.39 is 0 Å². The molecule has 0 amide bonds. The van der Waals surface area contributed by atoms with Gasteiger partial charge in [0.2, 0.25) is 19.0 Å². The Morgan fingerprint density at radius 2 is 1.29 bits per heavy atom. The van der Waals surface area contributed by atoms with Gasteiger partial charge in [0.1, 0.15) is 12.4 Å². The fourth-order valence-corrected chi connectivity index (χ4v) is 2.09. The van der Waals surface area contributed by atoms with E-state index in [0.717, 1.165) is 5.69 Å². The molecule has 28 heavy (non-hydrogen) atoms. The summed E-state index contributed by atoms with van der Waals surface area (Å²) in [7, 11) is 13.6. The summed E-state index contributed by atoms with van der Waals surface area (Å²) in [5.74, 6) is 0. The molecule has 0 N–H and O–H groups in total. The second-order valence-corrected chi connectivity index (χ2v) is 6.60. The summed E-state index contributed by atoms with van der Waals surface area (Å²) in [5, 5.41) is 7.79. The average molecular weight is 390 g/mol. The molecular weight excluding hydrogens is 356 g/mol. The third kappa shape index (κ3) is 10.00. The summed E-state index contributed by atoms with van der Waals surface area (Å²) in [4.78, 5) is 3.98. The Labute approximate surface area is 166 Å². The van der Waals surface area contributed by atoms with Gasteiger partial charge in [0.05, 0.1) is 54.3 Å². The molecular formula is C18H33N10+3. The maximum Gasteiger partial charge on any atom is 0.264 e. The van der Waals surface area contributed by atoms with Crippen molar-refractivity contribution in [3.05, 3.63) is 62.2 Å². The SMILES string of the molecule is Cc1cn(C)cn1.Cn1c[n+](C)cn1.Cn1c[n+](C)cn1.Cn1cc[n+](C)c1. The van der Waals surface area contributed by atoms with Crippen molar-refractivity contribution < 1.29 is 13.7 Å². The fraction of sp³-hybridized carbons (Fsp3) is 0.444. The van der Waals surface area contributed by atoms with Gasteiger partial charge < -0.3 is 4.57 Å². The lowest BCUT2D eigenvalue weighted by Gasteiger charge is -1.78. The molecule has 0 aliphatic rings. The first-order valence-electron chi connectivity index (χ1n) is 8.75. The van der Waals surface area contributed by atoms with E-state index in [1.54, 1.807) is 28.3 Å². The molecule has 0 radical (unpaired) electrons. The maximum absolute atomic E-state index is 3.98. The second-order valence-electron chi connectivity index (χ2n) is 6.60. The highest BCUT2D eigenvalue weighted by atomic mass is 15.3. The van der Waals surface area contributed by atoms with Crippen LogP contribution in [0.1, 0.15) is 5.69 Å². The van der Waals surface area contributed by atoms with Crippen molar-refractivity contribution in [1.29, 1.82) is 0 Å². The second kappa shape index (κ2) is 11.4. The molecule has 0 aliphatic carbocycles. The van der Waals surface area contributed by atoms with Crippen LogP contribution in [0, 0.1) is 6.92 Å². The summed E-state index contributed by atoms with van der Waals surface area (Å²) in [6.45, 7) is 1.97. The normalized spacial score (nSPS) is 9.43. The van der Waals surface area contributed by atoms with Crippen molar-refractivity contribution in [2.45, 2.75) is 6.92 Å². The summed E-state index contributed by atoms with van der Waals surface area (Å²) in [6.07, 6.45) is 17.0. The van der Waals surface area contributed by atoms with Crippen LogP contribution in [0.5, 0.6) is 0 Å². The third-order valence-electron chi connectivity index (χ3n) is 3.27. The molecule has 0 saturated carbocycles. The minimum atomic E-state index is 1.07. The topological polar surface area (TPSA) is 70.0 Å². The van der Waals surface area contributed by atoms with Crippen LogP contribution in [0.15, 0.2) is 56.6 Å². The standard InChI is InChI=1S/C5H8N2.C5H9N2.2C4H8N3/c1-5-3-7(2)4-6-5;1-6-3-4-7(2)5-6;2*1-6-3-5-7(2)4-6/h3-4H,1-2H3;3-5H,1-2H3;2*3-4H,1-2H3/q;3*+1. The molecule has 0 aromatic carbocycles. The van der Waals surface area contributed by atoms with Crippen LogP contribution in [-0.4, -0.2) is 33.7 Å². The van der Waals surface area contributed by atoms with Crippen LogP contribution in [0.3, 0.4) is 0 Å². The Morgan fingerprint density at radius 3 is 1.39 bits per heavy atom. The van der Waals surface area contributed by atoms with Gasteiger partial charge >= 0.3 is 0 Å². The molecule has 4 aromatic heterocycles. The van der Waals surface area contributed by atoms with Gasteiger partial charge in [0.15, 0.2) is 0 Å². The van der Waals surface area contributed by atoms with Crippen molar-refractivity contribution >= 4 is 0 Å². The first-order valence-corrected chi connectivity index (χ1v) is 8.75. The molecule has 0 aliphatic heterocycles. The highest BCUT2D eigenvalue weighted by Crippen LogP contribution is 1.86. The van der Waals surface area contributed by atoms with Gasteiger partial charge in [-0.1, -0.05) is 0 Å². The van der Waals surface area contributed by atoms with Crippen LogP contribution in [-0.2, 0) is 49.3 Å². The van der Waals surface area contributed by atoms with Crippen LogP contribution >= 0.6 is 0 Å². The predicted octanol–water partition coefficient (Wildman–Crippen LogP) is -0.933. The molecule has 0 unspecified atom stereocenters. The van der Waals surface area contributed by atoms with Crippen molar-refractivity contribution in [3.63, 3.8) is 0 Å². The highest BCUT2D eigenvalue weighted by molar-refractivity contribution is 4.90. The van der Waals surface area contributed by atoms with Crippen molar-refractivity contribution in [2.24, 2.45) is 49.3 Å². The van der Waals surface area contributed by atoms with Crippen LogP contribution < -0.4 is 13.7 Å². The number of imidazole rings is 2. The van der Waals surface area contributed by atoms with Gasteiger partial charge in [-0.25, -0.2) is 23.3 Å². The van der Waals surface area contributed by atoms with Gasteiger partial charge in [-0.2, -0.15) is 0 Å². The molecule has 0 spiro atoms. The lowest BCUT2D eigenvalue weighted by Crippen LogP contribution is -2.23. The van der Waals surface area contributed by atoms with E-state index in [4.69, 9.17) is 0 Å². The van der Waals surface area contributed by atoms with Crippen LogP contribution in [0.4, 0.5) is 0 Å². The lowest BCUT2D eigenvalue weighted by atomic mass is 10.6. The summed E-state index contributed by atoms with van der Waals surface area (Å²) < 4.78 is 13.2. The number of aromatic nitrogens is 10. The Hall–Kier alpha value is -3.30. The zero-order chi connectivity index (χ0) is 21.1. The molecule has 4 aromatic rings. The smallest absolute Gasteiger partial charge is 0.264 e. The number of nitrogens with zero attached hydrogens (tertiary/aromatic N) is 10. The Balaban J connectivity index is 0.000000187. The number of rotatable bonds is 0. The minimum Gasteiger partial charge on any atom is -0.340 e. The first kappa shape index (κ1) is 22.7. The molecule has 0 fully saturated rings. The molecule has 152 valence electrons. The monoisotopic (exact) mass is 389 g/mol. The molecule has 0 bridgehead atoms. The Morgan fingerprint density at radius 1 is 0.750 bits per heavy atom. The van der Waals surface area contributed by atoms with E-state index >= 15 is 0 Å². The van der Waals surface area contributed by atoms with Gasteiger partial charge in [-0.15, -0.1) is 9.36 Å². The van der Waals surface area contributed by atoms with Crippen LogP contribution in [0.2, 0.25) is 0 Å². The molecule has 4 rings (SSSR count). The maximum atomic E-state index is 3.98. The van der Waals surface area contributed by atoms with E-state index in [2.05, 4.69) is 15.2 Å². The van der Waals surface area contributed by atoms with E-state index in [-0.39, 0.29) is 0 Å². The van der Waals surface area contributed by atoms with Crippen molar-refractivity contribution in [1.82, 2.24) is 33.7 Å². The van der Waals surface area contributed by atoms with E-state index in [1.807, 2.05) is 117 Å². The average Bonchev–Trinajstić information content (AvgIpc) is 3.37. The van der Waals surface area contributed by atoms with Gasteiger partial charge in [0.25, 0.3) is 12.7 Å². The number of hydrogen-bond donors (Lipinski definition) is 0. The molecule has 4 heterocycles. The summed E-state index contributed by atoms with van der Waals surface area (Å²) in [5.41, 5.74) is 1.07. The zero-order valence-corrected chi connectivity index (χ0v) is 18.2. The predicted molar refractivity (Wildman–Crippen MR) is 103 cm³/mol. The Kier molecular flexibility index (Phi) is 9.28. The van der Waals surface area contributed by atoms with E-state index in [0.29, 0.717) is 0 Å². The van der Waals surface area contributed by atoms with E-state index in [1.165, 1.54) is 0 Å². The first-order chi connectivity index (χ1) is 13.2. The van der Waals surface area contributed by atoms with Gasteiger partial charge in [-0.3, -0.25) is 0 Å². The largest absolute Gasteiger partial charge is 0.340 e. The molecule has 0 atom stereocenters. The Bertz CT molecular complexity index is 709. The fourth-order valence-electron chi connectivity index (χ4n) is 2.09.